The number of benzene rings is 1. The molecule has 0 aromatic heterocycles. The maximum Gasteiger partial charge on any atom is 0.471 e. The number of ether oxygens (including phenoxy) is 1. The number of nitrogens with zero attached hydrogens (tertiary/aromatic N) is 1. The van der Waals surface area contributed by atoms with Crippen molar-refractivity contribution >= 4 is 11.9 Å². The fraction of sp³-hybridized carbons (Fsp3) is 0.385. The molecule has 0 spiro atoms. The number of esters is 1. The zero-order valence-corrected chi connectivity index (χ0v) is 11.0. The maximum atomic E-state index is 13.4. The fourth-order valence-corrected chi connectivity index (χ4v) is 2.27. The van der Waals surface area contributed by atoms with Gasteiger partial charge >= 0.3 is 18.1 Å². The van der Waals surface area contributed by atoms with Crippen LogP contribution in [-0.2, 0) is 22.5 Å². The predicted molar refractivity (Wildman–Crippen MR) is 62.9 cm³/mol. The number of alkyl halides is 3. The first-order valence-corrected chi connectivity index (χ1v) is 5.99. The van der Waals surface area contributed by atoms with Gasteiger partial charge in [-0.2, -0.15) is 13.2 Å². The van der Waals surface area contributed by atoms with Gasteiger partial charge < -0.3 is 9.64 Å². The summed E-state index contributed by atoms with van der Waals surface area (Å²) < 4.78 is 55.3. The second kappa shape index (κ2) is 5.34. The summed E-state index contributed by atoms with van der Waals surface area (Å²) in [6.45, 7) is -0.589. The molecule has 0 unspecified atom stereocenters. The Labute approximate surface area is 117 Å². The molecule has 1 aliphatic heterocycles. The quantitative estimate of drug-likeness (QED) is 0.589. The topological polar surface area (TPSA) is 46.6 Å². The summed E-state index contributed by atoms with van der Waals surface area (Å²) >= 11 is 0. The largest absolute Gasteiger partial charge is 0.471 e. The van der Waals surface area contributed by atoms with Gasteiger partial charge in [0.05, 0.1) is 12.7 Å². The van der Waals surface area contributed by atoms with Crippen molar-refractivity contribution < 1.29 is 31.9 Å². The summed E-state index contributed by atoms with van der Waals surface area (Å²) in [5.74, 6) is -3.51. The van der Waals surface area contributed by atoms with Gasteiger partial charge in [0, 0.05) is 13.1 Å². The molecule has 0 atom stereocenters. The van der Waals surface area contributed by atoms with E-state index in [1.54, 1.807) is 0 Å². The van der Waals surface area contributed by atoms with Crippen molar-refractivity contribution in [2.75, 3.05) is 13.7 Å². The van der Waals surface area contributed by atoms with Crippen LogP contribution in [0.4, 0.5) is 17.6 Å². The number of rotatable bonds is 1. The number of amides is 1. The minimum absolute atomic E-state index is 0.0406. The van der Waals surface area contributed by atoms with Crippen LogP contribution in [0.2, 0.25) is 0 Å². The number of halogens is 4. The molecular weight excluding hydrogens is 294 g/mol. The van der Waals surface area contributed by atoms with Gasteiger partial charge in [-0.3, -0.25) is 4.79 Å². The summed E-state index contributed by atoms with van der Waals surface area (Å²) in [5.41, 5.74) is 0.431. The van der Waals surface area contributed by atoms with Crippen molar-refractivity contribution in [3.8, 4) is 0 Å². The Morgan fingerprint density at radius 3 is 2.52 bits per heavy atom. The van der Waals surface area contributed by atoms with Crippen LogP contribution in [0.3, 0.4) is 0 Å². The van der Waals surface area contributed by atoms with E-state index in [1.807, 2.05) is 0 Å². The summed E-state index contributed by atoms with van der Waals surface area (Å²) in [4.78, 5) is 23.4. The van der Waals surface area contributed by atoms with E-state index in [0.29, 0.717) is 10.5 Å². The Morgan fingerprint density at radius 2 is 1.95 bits per heavy atom. The first-order chi connectivity index (χ1) is 9.74. The van der Waals surface area contributed by atoms with Crippen molar-refractivity contribution in [3.05, 3.63) is 34.6 Å². The van der Waals surface area contributed by atoms with Gasteiger partial charge in [0.15, 0.2) is 0 Å². The van der Waals surface area contributed by atoms with Crippen molar-refractivity contribution in [1.82, 2.24) is 4.90 Å². The van der Waals surface area contributed by atoms with Gasteiger partial charge in [0.25, 0.3) is 0 Å². The Bertz CT molecular complexity index is 598. The molecule has 1 aromatic carbocycles. The van der Waals surface area contributed by atoms with Crippen molar-refractivity contribution in [1.29, 1.82) is 0 Å². The van der Waals surface area contributed by atoms with E-state index in [9.17, 15) is 27.2 Å². The van der Waals surface area contributed by atoms with Crippen LogP contribution in [0.25, 0.3) is 0 Å². The lowest BCUT2D eigenvalue weighted by atomic mass is 9.94. The molecule has 0 fully saturated rings. The molecule has 8 heteroatoms. The Balaban J connectivity index is 2.39. The van der Waals surface area contributed by atoms with E-state index in [-0.39, 0.29) is 24.1 Å². The number of hydrogen-bond acceptors (Lipinski definition) is 3. The smallest absolute Gasteiger partial charge is 0.465 e. The molecule has 1 aliphatic rings. The van der Waals surface area contributed by atoms with Crippen LogP contribution in [0, 0.1) is 5.82 Å². The van der Waals surface area contributed by atoms with Gasteiger partial charge in [-0.1, -0.05) is 0 Å². The highest BCUT2D eigenvalue weighted by Gasteiger charge is 2.43. The molecule has 0 aliphatic carbocycles. The number of methoxy groups -OCH3 is 1. The molecule has 1 heterocycles. The van der Waals surface area contributed by atoms with Gasteiger partial charge in [0.2, 0.25) is 0 Å². The molecule has 0 saturated heterocycles. The molecule has 1 aromatic rings. The van der Waals surface area contributed by atoms with Crippen LogP contribution >= 0.6 is 0 Å². The van der Waals surface area contributed by atoms with Crippen LogP contribution in [-0.4, -0.2) is 36.6 Å². The zero-order chi connectivity index (χ0) is 15.8. The van der Waals surface area contributed by atoms with Gasteiger partial charge in [-0.25, -0.2) is 9.18 Å². The van der Waals surface area contributed by atoms with Gasteiger partial charge in [-0.15, -0.1) is 0 Å². The normalized spacial score (nSPS) is 14.6. The third-order valence-corrected chi connectivity index (χ3v) is 3.24. The molecular formula is C13H11F4NO3. The molecule has 1 amide bonds. The Kier molecular flexibility index (Phi) is 3.89. The minimum Gasteiger partial charge on any atom is -0.465 e. The highest BCUT2D eigenvalue weighted by atomic mass is 19.4. The molecule has 0 saturated carbocycles. The summed E-state index contributed by atoms with van der Waals surface area (Å²) in [5, 5.41) is 0. The molecule has 0 N–H and O–H groups in total. The molecule has 114 valence electrons. The number of hydrogen-bond donors (Lipinski definition) is 0. The van der Waals surface area contributed by atoms with Crippen LogP contribution in [0.15, 0.2) is 12.1 Å². The van der Waals surface area contributed by atoms with E-state index in [4.69, 9.17) is 0 Å². The predicted octanol–water partition coefficient (Wildman–Crippen LogP) is 2.06. The van der Waals surface area contributed by atoms with E-state index in [2.05, 4.69) is 4.74 Å². The average molecular weight is 305 g/mol. The third kappa shape index (κ3) is 2.98. The van der Waals surface area contributed by atoms with E-state index in [1.165, 1.54) is 0 Å². The van der Waals surface area contributed by atoms with E-state index in [0.717, 1.165) is 19.2 Å². The van der Waals surface area contributed by atoms with E-state index < -0.39 is 30.4 Å². The maximum absolute atomic E-state index is 13.4. The minimum atomic E-state index is -4.98. The summed E-state index contributed by atoms with van der Waals surface area (Å²) in [7, 11) is 1.08. The second-order valence-electron chi connectivity index (χ2n) is 4.56. The summed E-state index contributed by atoms with van der Waals surface area (Å²) in [6.07, 6.45) is -4.94. The average Bonchev–Trinajstić information content (AvgIpc) is 2.43. The first-order valence-electron chi connectivity index (χ1n) is 5.99. The summed E-state index contributed by atoms with van der Waals surface area (Å²) in [6, 6.07) is 2.05. The Hall–Kier alpha value is -2.12. The second-order valence-corrected chi connectivity index (χ2v) is 4.56. The monoisotopic (exact) mass is 305 g/mol. The molecule has 0 bridgehead atoms. The number of fused-ring (bicyclic) bond motifs is 1. The van der Waals surface area contributed by atoms with Crippen LogP contribution < -0.4 is 0 Å². The molecule has 2 rings (SSSR count). The molecule has 0 radical (unpaired) electrons. The molecule has 4 nitrogen and oxygen atoms in total. The Morgan fingerprint density at radius 1 is 1.29 bits per heavy atom. The SMILES string of the molecule is COC(=O)c1cc(F)cc2c1CN(C(=O)C(F)(F)F)CC2. The zero-order valence-electron chi connectivity index (χ0n) is 11.0. The van der Waals surface area contributed by atoms with E-state index >= 15 is 0 Å². The standard InChI is InChI=1S/C13H11F4NO3/c1-21-11(19)9-5-8(14)4-7-2-3-18(6-10(7)9)12(20)13(15,16)17/h4-5H,2-3,6H2,1H3. The molecule has 21 heavy (non-hydrogen) atoms. The first kappa shape index (κ1) is 15.3. The van der Waals surface area contributed by atoms with Crippen LogP contribution in [0.5, 0.6) is 0 Å². The lowest BCUT2D eigenvalue weighted by Crippen LogP contribution is -2.44. The van der Waals surface area contributed by atoms with Gasteiger partial charge in [-0.05, 0) is 29.7 Å². The van der Waals surface area contributed by atoms with Gasteiger partial charge in [0.1, 0.15) is 5.82 Å². The van der Waals surface area contributed by atoms with Crippen molar-refractivity contribution in [2.24, 2.45) is 0 Å². The number of carbonyl (C=O) groups is 2. The lowest BCUT2D eigenvalue weighted by molar-refractivity contribution is -0.186. The van der Waals surface area contributed by atoms with Crippen molar-refractivity contribution in [3.63, 3.8) is 0 Å². The van der Waals surface area contributed by atoms with Crippen LogP contribution in [0.1, 0.15) is 21.5 Å². The fourth-order valence-electron chi connectivity index (χ4n) is 2.27. The number of carbonyl (C=O) groups excluding carboxylic acids is 2. The highest BCUT2D eigenvalue weighted by Crippen LogP contribution is 2.28. The highest BCUT2D eigenvalue weighted by molar-refractivity contribution is 5.92. The third-order valence-electron chi connectivity index (χ3n) is 3.24. The van der Waals surface area contributed by atoms with Crippen molar-refractivity contribution in [2.45, 2.75) is 19.1 Å². The lowest BCUT2D eigenvalue weighted by Gasteiger charge is -2.30.